The van der Waals surface area contributed by atoms with E-state index < -0.39 is 46.1 Å². The Balaban J connectivity index is 2.53. The molecule has 10 heteroatoms. The van der Waals surface area contributed by atoms with Crippen molar-refractivity contribution in [3.63, 3.8) is 0 Å². The van der Waals surface area contributed by atoms with E-state index in [1.54, 1.807) is 0 Å². The first kappa shape index (κ1) is 20.2. The Morgan fingerprint density at radius 3 is 1.68 bits per heavy atom. The Kier molecular flexibility index (Phi) is 3.98. The van der Waals surface area contributed by atoms with Gasteiger partial charge in [0.1, 0.15) is 0 Å². The van der Waals surface area contributed by atoms with Crippen molar-refractivity contribution in [2.24, 2.45) is 0 Å². The highest BCUT2D eigenvalue weighted by Gasteiger charge is 2.86. The summed E-state index contributed by atoms with van der Waals surface area (Å²) in [7, 11) is 0. The number of halogens is 8. The summed E-state index contributed by atoms with van der Waals surface area (Å²) in [5, 5.41) is 0. The third kappa shape index (κ3) is 2.20. The monoisotopic (exact) mass is 410 g/mol. The third-order valence-electron chi connectivity index (χ3n) is 4.97. The van der Waals surface area contributed by atoms with Gasteiger partial charge in [-0.15, -0.1) is 0 Å². The lowest BCUT2D eigenvalue weighted by Gasteiger charge is -2.44. The maximum Gasteiger partial charge on any atom is 0.383 e. The third-order valence-corrected chi connectivity index (χ3v) is 4.97. The number of benzene rings is 2. The summed E-state index contributed by atoms with van der Waals surface area (Å²) in [5.41, 5.74) is 5.47. The van der Waals surface area contributed by atoms with Gasteiger partial charge in [-0.05, 0) is 54.3 Å². The van der Waals surface area contributed by atoms with Crippen molar-refractivity contribution in [1.82, 2.24) is 0 Å². The summed E-state index contributed by atoms with van der Waals surface area (Å²) in [4.78, 5) is 0. The van der Waals surface area contributed by atoms with Gasteiger partial charge in [0.25, 0.3) is 0 Å². The Labute approximate surface area is 154 Å². The highest BCUT2D eigenvalue weighted by atomic mass is 19.4. The predicted octanol–water partition coefficient (Wildman–Crippen LogP) is 5.60. The van der Waals surface area contributed by atoms with Crippen molar-refractivity contribution in [1.29, 1.82) is 0 Å². The van der Waals surface area contributed by atoms with Gasteiger partial charge in [0.05, 0.1) is 5.56 Å². The van der Waals surface area contributed by atoms with E-state index in [4.69, 9.17) is 11.5 Å². The highest BCUT2D eigenvalue weighted by Crippen LogP contribution is 2.67. The number of hydrogen-bond acceptors (Lipinski definition) is 2. The Morgan fingerprint density at radius 2 is 1.18 bits per heavy atom. The first-order chi connectivity index (χ1) is 12.6. The van der Waals surface area contributed by atoms with Crippen molar-refractivity contribution < 1.29 is 35.1 Å². The number of anilines is 2. The first-order valence-electron chi connectivity index (χ1n) is 7.90. The molecule has 1 aliphatic carbocycles. The molecule has 0 amide bonds. The minimum atomic E-state index is -6.35. The van der Waals surface area contributed by atoms with E-state index in [1.165, 1.54) is 19.1 Å². The molecule has 1 aliphatic rings. The fourth-order valence-corrected chi connectivity index (χ4v) is 3.26. The standard InChI is InChI=1S/C18H14F8N2/c1-7-5-9(3-4-11(7)27)10-6-8(2)14(28)13-12(10)15(19,20)17(23,24)18(25,26)16(13,21)22/h3-6H,27-28H2,1-2H3. The van der Waals surface area contributed by atoms with Crippen LogP contribution >= 0.6 is 0 Å². The van der Waals surface area contributed by atoms with Crippen molar-refractivity contribution in [3.8, 4) is 11.1 Å². The molecule has 2 aromatic rings. The zero-order chi connectivity index (χ0) is 21.4. The molecular formula is C18H14F8N2. The fraction of sp³-hybridized carbons (Fsp3) is 0.333. The van der Waals surface area contributed by atoms with Crippen LogP contribution in [0.3, 0.4) is 0 Å². The SMILES string of the molecule is Cc1cc(-c2cc(C)c(N)c3c2C(F)(F)C(F)(F)C(F)(F)C3(F)F)ccc1N. The molecule has 4 N–H and O–H groups in total. The second-order valence-electron chi connectivity index (χ2n) is 6.77. The summed E-state index contributed by atoms with van der Waals surface area (Å²) in [5.74, 6) is -23.9. The number of rotatable bonds is 1. The van der Waals surface area contributed by atoms with Crippen LogP contribution in [0.2, 0.25) is 0 Å². The molecular weight excluding hydrogens is 396 g/mol. The van der Waals surface area contributed by atoms with E-state index in [0.717, 1.165) is 19.1 Å². The zero-order valence-corrected chi connectivity index (χ0v) is 14.5. The Bertz CT molecular complexity index is 982. The smallest absolute Gasteiger partial charge is 0.383 e. The molecule has 28 heavy (non-hydrogen) atoms. The normalized spacial score (nSPS) is 21.2. The van der Waals surface area contributed by atoms with Gasteiger partial charge in [-0.3, -0.25) is 0 Å². The van der Waals surface area contributed by atoms with Gasteiger partial charge in [0, 0.05) is 16.9 Å². The van der Waals surface area contributed by atoms with Crippen LogP contribution in [0.5, 0.6) is 0 Å². The van der Waals surface area contributed by atoms with E-state index >= 15 is 0 Å². The lowest BCUT2D eigenvalue weighted by atomic mass is 9.75. The molecule has 0 unspecified atom stereocenters. The molecule has 0 fully saturated rings. The fourth-order valence-electron chi connectivity index (χ4n) is 3.26. The summed E-state index contributed by atoms with van der Waals surface area (Å²) in [6.45, 7) is 2.60. The zero-order valence-electron chi connectivity index (χ0n) is 14.5. The van der Waals surface area contributed by atoms with Gasteiger partial charge < -0.3 is 11.5 Å². The van der Waals surface area contributed by atoms with Crippen molar-refractivity contribution in [2.75, 3.05) is 11.5 Å². The van der Waals surface area contributed by atoms with Gasteiger partial charge in [0.2, 0.25) is 0 Å². The van der Waals surface area contributed by atoms with Gasteiger partial charge in [-0.1, -0.05) is 6.07 Å². The maximum atomic E-state index is 14.6. The van der Waals surface area contributed by atoms with Crippen LogP contribution in [0.25, 0.3) is 11.1 Å². The molecule has 152 valence electrons. The number of aryl methyl sites for hydroxylation is 2. The molecule has 2 nitrogen and oxygen atoms in total. The van der Waals surface area contributed by atoms with Crippen molar-refractivity contribution in [3.05, 3.63) is 46.5 Å². The van der Waals surface area contributed by atoms with Crippen LogP contribution in [0.15, 0.2) is 24.3 Å². The molecule has 0 aliphatic heterocycles. The minimum Gasteiger partial charge on any atom is -0.399 e. The van der Waals surface area contributed by atoms with Gasteiger partial charge in [-0.2, -0.15) is 35.1 Å². The highest BCUT2D eigenvalue weighted by molar-refractivity contribution is 5.79. The van der Waals surface area contributed by atoms with E-state index in [-0.39, 0.29) is 16.8 Å². The first-order valence-corrected chi connectivity index (χ1v) is 7.90. The average molecular weight is 410 g/mol. The summed E-state index contributed by atoms with van der Waals surface area (Å²) < 4.78 is 114. The van der Waals surface area contributed by atoms with Crippen molar-refractivity contribution in [2.45, 2.75) is 37.5 Å². The second kappa shape index (κ2) is 5.51. The van der Waals surface area contributed by atoms with Crippen molar-refractivity contribution >= 4 is 11.4 Å². The summed E-state index contributed by atoms with van der Waals surface area (Å²) in [6, 6.07) is 4.50. The number of nitrogen functional groups attached to an aromatic ring is 2. The average Bonchev–Trinajstić information content (AvgIpc) is 2.57. The van der Waals surface area contributed by atoms with Crippen LogP contribution < -0.4 is 11.5 Å². The van der Waals surface area contributed by atoms with Crippen LogP contribution in [0.4, 0.5) is 46.5 Å². The molecule has 0 saturated heterocycles. The number of alkyl halides is 8. The molecule has 0 saturated carbocycles. The van der Waals surface area contributed by atoms with E-state index in [2.05, 4.69) is 0 Å². The molecule has 2 aromatic carbocycles. The topological polar surface area (TPSA) is 52.0 Å². The molecule has 0 atom stereocenters. The maximum absolute atomic E-state index is 14.6. The number of hydrogen-bond donors (Lipinski definition) is 2. The van der Waals surface area contributed by atoms with E-state index in [0.29, 0.717) is 5.56 Å². The lowest BCUT2D eigenvalue weighted by Crippen LogP contribution is -2.64. The van der Waals surface area contributed by atoms with Gasteiger partial charge >= 0.3 is 23.7 Å². The van der Waals surface area contributed by atoms with Crippen LogP contribution in [0, 0.1) is 13.8 Å². The quantitative estimate of drug-likeness (QED) is 0.475. The Hall–Kier alpha value is -2.52. The van der Waals surface area contributed by atoms with Gasteiger partial charge in [0.15, 0.2) is 0 Å². The predicted molar refractivity (Wildman–Crippen MR) is 87.9 cm³/mol. The van der Waals surface area contributed by atoms with E-state index in [9.17, 15) is 35.1 Å². The summed E-state index contributed by atoms with van der Waals surface area (Å²) in [6.07, 6.45) is 0. The molecule has 0 aromatic heterocycles. The molecule has 0 radical (unpaired) electrons. The van der Waals surface area contributed by atoms with Crippen LogP contribution in [-0.4, -0.2) is 11.8 Å². The lowest BCUT2D eigenvalue weighted by molar-refractivity contribution is -0.386. The molecule has 0 bridgehead atoms. The number of nitrogens with two attached hydrogens (primary N) is 2. The summed E-state index contributed by atoms with van der Waals surface area (Å²) >= 11 is 0. The largest absolute Gasteiger partial charge is 0.399 e. The van der Waals surface area contributed by atoms with Gasteiger partial charge in [-0.25, -0.2) is 0 Å². The van der Waals surface area contributed by atoms with Crippen LogP contribution in [0.1, 0.15) is 22.3 Å². The number of fused-ring (bicyclic) bond motifs is 1. The second-order valence-corrected chi connectivity index (χ2v) is 6.77. The molecule has 3 rings (SSSR count). The molecule has 0 heterocycles. The minimum absolute atomic E-state index is 0.164. The van der Waals surface area contributed by atoms with Crippen LogP contribution in [-0.2, 0) is 11.8 Å². The Morgan fingerprint density at radius 1 is 0.679 bits per heavy atom. The molecule has 0 spiro atoms. The van der Waals surface area contributed by atoms with E-state index in [1.807, 2.05) is 0 Å².